The third-order valence-electron chi connectivity index (χ3n) is 2.90. The first-order valence-corrected chi connectivity index (χ1v) is 6.14. The zero-order chi connectivity index (χ0) is 13.0. The molecule has 2 atom stereocenters. The van der Waals surface area contributed by atoms with Crippen molar-refractivity contribution in [3.05, 3.63) is 29.3 Å². The summed E-state index contributed by atoms with van der Waals surface area (Å²) < 4.78 is 5.27. The first-order chi connectivity index (χ1) is 8.70. The molecule has 0 spiro atoms. The van der Waals surface area contributed by atoms with Gasteiger partial charge < -0.3 is 20.7 Å². The molecular weight excluding hydrogens is 254 g/mol. The number of benzene rings is 1. The van der Waals surface area contributed by atoms with E-state index < -0.39 is 0 Å². The second-order valence-electron chi connectivity index (χ2n) is 4.12. The van der Waals surface area contributed by atoms with Crippen LogP contribution < -0.4 is 16.0 Å². The average molecular weight is 270 g/mol. The van der Waals surface area contributed by atoms with Crippen molar-refractivity contribution in [2.75, 3.05) is 25.5 Å². The highest BCUT2D eigenvalue weighted by molar-refractivity contribution is 6.33. The van der Waals surface area contributed by atoms with Crippen molar-refractivity contribution in [2.24, 2.45) is 0 Å². The van der Waals surface area contributed by atoms with E-state index in [9.17, 15) is 4.79 Å². The molecule has 1 saturated heterocycles. The van der Waals surface area contributed by atoms with Crippen LogP contribution in [0.15, 0.2) is 24.3 Å². The number of urea groups is 1. The number of methoxy groups -OCH3 is 1. The second kappa shape index (κ2) is 6.04. The van der Waals surface area contributed by atoms with Crippen molar-refractivity contribution in [3.8, 4) is 0 Å². The minimum atomic E-state index is -0.279. The van der Waals surface area contributed by atoms with Gasteiger partial charge in [0.2, 0.25) is 0 Å². The highest BCUT2D eigenvalue weighted by Gasteiger charge is 2.28. The summed E-state index contributed by atoms with van der Waals surface area (Å²) in [5.41, 5.74) is 0.594. The zero-order valence-electron chi connectivity index (χ0n) is 10.1. The molecule has 3 N–H and O–H groups in total. The van der Waals surface area contributed by atoms with E-state index >= 15 is 0 Å². The Morgan fingerprint density at radius 1 is 1.44 bits per heavy atom. The van der Waals surface area contributed by atoms with Gasteiger partial charge in [-0.05, 0) is 12.1 Å². The molecule has 1 unspecified atom stereocenters. The van der Waals surface area contributed by atoms with Gasteiger partial charge in [0.1, 0.15) is 0 Å². The lowest BCUT2D eigenvalue weighted by Crippen LogP contribution is -2.45. The molecule has 1 aliphatic rings. The van der Waals surface area contributed by atoms with Gasteiger partial charge in [0.05, 0.1) is 22.9 Å². The van der Waals surface area contributed by atoms with Crippen LogP contribution >= 0.6 is 11.6 Å². The van der Waals surface area contributed by atoms with Crippen LogP contribution in [0.3, 0.4) is 0 Å². The van der Waals surface area contributed by atoms with Gasteiger partial charge in [-0.3, -0.25) is 0 Å². The molecule has 0 aromatic heterocycles. The van der Waals surface area contributed by atoms with Crippen LogP contribution in [0, 0.1) is 0 Å². The third-order valence-corrected chi connectivity index (χ3v) is 3.23. The molecule has 2 rings (SSSR count). The fourth-order valence-corrected chi connectivity index (χ4v) is 2.12. The number of halogens is 1. The molecule has 2 amide bonds. The van der Waals surface area contributed by atoms with E-state index in [0.29, 0.717) is 17.3 Å². The van der Waals surface area contributed by atoms with Gasteiger partial charge in [-0.15, -0.1) is 0 Å². The molecule has 0 aliphatic carbocycles. The van der Waals surface area contributed by atoms with Crippen LogP contribution in [0.4, 0.5) is 10.5 Å². The Bertz CT molecular complexity index is 428. The quantitative estimate of drug-likeness (QED) is 0.778. The Hall–Kier alpha value is -1.30. The Morgan fingerprint density at radius 2 is 2.22 bits per heavy atom. The summed E-state index contributed by atoms with van der Waals surface area (Å²) in [6.07, 6.45) is 0.00185. The summed E-state index contributed by atoms with van der Waals surface area (Å²) in [6, 6.07) is 6.80. The number of hydrogen-bond donors (Lipinski definition) is 3. The number of rotatable bonds is 3. The smallest absolute Gasteiger partial charge is 0.319 e. The highest BCUT2D eigenvalue weighted by Crippen LogP contribution is 2.20. The van der Waals surface area contributed by atoms with Crippen molar-refractivity contribution in [2.45, 2.75) is 12.1 Å². The number of ether oxygens (including phenoxy) is 1. The maximum atomic E-state index is 11.8. The van der Waals surface area contributed by atoms with Crippen LogP contribution in [0.1, 0.15) is 0 Å². The molecule has 1 aliphatic heterocycles. The van der Waals surface area contributed by atoms with Gasteiger partial charge in [-0.2, -0.15) is 0 Å². The summed E-state index contributed by atoms with van der Waals surface area (Å²) in [5, 5.41) is 9.25. The minimum Gasteiger partial charge on any atom is -0.378 e. The Labute approximate surface area is 111 Å². The molecule has 1 aromatic carbocycles. The second-order valence-corrected chi connectivity index (χ2v) is 4.52. The molecule has 1 fully saturated rings. The van der Waals surface area contributed by atoms with Gasteiger partial charge in [0.15, 0.2) is 0 Å². The van der Waals surface area contributed by atoms with Crippen LogP contribution in [0.5, 0.6) is 0 Å². The predicted octanol–water partition coefficient (Wildman–Crippen LogP) is 1.45. The van der Waals surface area contributed by atoms with Crippen LogP contribution in [0.25, 0.3) is 0 Å². The summed E-state index contributed by atoms with van der Waals surface area (Å²) in [5.74, 6) is 0. The number of carbonyl (C=O) groups excluding carboxylic acids is 1. The molecule has 6 heteroatoms. The lowest BCUT2D eigenvalue weighted by Gasteiger charge is -2.19. The van der Waals surface area contributed by atoms with E-state index in [0.717, 1.165) is 6.54 Å². The molecule has 1 aromatic rings. The average Bonchev–Trinajstić information content (AvgIpc) is 2.79. The summed E-state index contributed by atoms with van der Waals surface area (Å²) in [6.45, 7) is 1.45. The predicted molar refractivity (Wildman–Crippen MR) is 71.1 cm³/mol. The fourth-order valence-electron chi connectivity index (χ4n) is 1.94. The van der Waals surface area contributed by atoms with E-state index in [-0.39, 0.29) is 18.2 Å². The van der Waals surface area contributed by atoms with Crippen molar-refractivity contribution in [1.29, 1.82) is 0 Å². The van der Waals surface area contributed by atoms with Gasteiger partial charge in [0, 0.05) is 20.2 Å². The monoisotopic (exact) mass is 269 g/mol. The molecule has 1 heterocycles. The van der Waals surface area contributed by atoms with Gasteiger partial charge in [-0.1, -0.05) is 23.7 Å². The Morgan fingerprint density at radius 3 is 2.94 bits per heavy atom. The molecule has 0 bridgehead atoms. The van der Waals surface area contributed by atoms with Gasteiger partial charge >= 0.3 is 6.03 Å². The fraction of sp³-hybridized carbons (Fsp3) is 0.417. The van der Waals surface area contributed by atoms with Gasteiger partial charge in [0.25, 0.3) is 0 Å². The summed E-state index contributed by atoms with van der Waals surface area (Å²) >= 11 is 5.96. The van der Waals surface area contributed by atoms with Crippen molar-refractivity contribution >= 4 is 23.3 Å². The standard InChI is InChI=1S/C12H16ClN3O2/c1-18-11-7-14-6-10(11)16-12(17)15-9-5-3-2-4-8(9)13/h2-5,10-11,14H,6-7H2,1H3,(H2,15,16,17)/t10?,11-/m0/s1. The highest BCUT2D eigenvalue weighted by atomic mass is 35.5. The first-order valence-electron chi connectivity index (χ1n) is 5.76. The number of hydrogen-bond acceptors (Lipinski definition) is 3. The van der Waals surface area contributed by atoms with Crippen LogP contribution in [-0.4, -0.2) is 38.4 Å². The molecule has 18 heavy (non-hydrogen) atoms. The molecule has 98 valence electrons. The molecule has 0 radical (unpaired) electrons. The molecular formula is C12H16ClN3O2. The topological polar surface area (TPSA) is 62.4 Å². The Balaban J connectivity index is 1.91. The van der Waals surface area contributed by atoms with E-state index in [1.165, 1.54) is 0 Å². The van der Waals surface area contributed by atoms with Crippen LogP contribution in [-0.2, 0) is 4.74 Å². The SMILES string of the molecule is CO[C@H]1CNCC1NC(=O)Nc1ccccc1Cl. The third kappa shape index (κ3) is 3.13. The zero-order valence-corrected chi connectivity index (χ0v) is 10.8. The van der Waals surface area contributed by atoms with Crippen molar-refractivity contribution in [1.82, 2.24) is 10.6 Å². The maximum Gasteiger partial charge on any atom is 0.319 e. The number of anilines is 1. The molecule has 5 nitrogen and oxygen atoms in total. The van der Waals surface area contributed by atoms with E-state index in [4.69, 9.17) is 16.3 Å². The number of para-hydroxylation sites is 1. The number of nitrogens with one attached hydrogen (secondary N) is 3. The van der Waals surface area contributed by atoms with Crippen LogP contribution in [0.2, 0.25) is 5.02 Å². The summed E-state index contributed by atoms with van der Waals surface area (Å²) in [4.78, 5) is 11.8. The van der Waals surface area contributed by atoms with E-state index in [2.05, 4.69) is 16.0 Å². The van der Waals surface area contributed by atoms with Crippen molar-refractivity contribution in [3.63, 3.8) is 0 Å². The largest absolute Gasteiger partial charge is 0.378 e. The lowest BCUT2D eigenvalue weighted by atomic mass is 10.2. The maximum absolute atomic E-state index is 11.8. The van der Waals surface area contributed by atoms with Gasteiger partial charge in [-0.25, -0.2) is 4.79 Å². The minimum absolute atomic E-state index is 0.00185. The normalized spacial score (nSPS) is 22.8. The molecule has 0 saturated carbocycles. The first kappa shape index (κ1) is 13.1. The van der Waals surface area contributed by atoms with E-state index in [1.807, 2.05) is 12.1 Å². The number of amides is 2. The summed E-state index contributed by atoms with van der Waals surface area (Å²) in [7, 11) is 1.64. The number of carbonyl (C=O) groups is 1. The van der Waals surface area contributed by atoms with E-state index in [1.54, 1.807) is 19.2 Å². The van der Waals surface area contributed by atoms with Crippen molar-refractivity contribution < 1.29 is 9.53 Å². The lowest BCUT2D eigenvalue weighted by molar-refractivity contribution is 0.0991. The Kier molecular flexibility index (Phi) is 4.41.